The highest BCUT2D eigenvalue weighted by Crippen LogP contribution is 2.22. The zero-order valence-corrected chi connectivity index (χ0v) is 15.7. The van der Waals surface area contributed by atoms with E-state index in [2.05, 4.69) is 5.32 Å². The molecule has 0 bridgehead atoms. The van der Waals surface area contributed by atoms with E-state index >= 15 is 0 Å². The van der Waals surface area contributed by atoms with Crippen LogP contribution in [0.5, 0.6) is 11.5 Å². The molecule has 0 aromatic heterocycles. The molecular formula is C23H22N2O3. The van der Waals surface area contributed by atoms with Crippen molar-refractivity contribution in [2.24, 2.45) is 0 Å². The first-order valence-electron chi connectivity index (χ1n) is 9.02. The largest absolute Gasteiger partial charge is 0.457 e. The summed E-state index contributed by atoms with van der Waals surface area (Å²) in [6, 6.07) is 26.2. The smallest absolute Gasteiger partial charge is 0.244 e. The van der Waals surface area contributed by atoms with Crippen LogP contribution < -0.4 is 10.1 Å². The van der Waals surface area contributed by atoms with Crippen LogP contribution in [0.15, 0.2) is 84.9 Å². The summed E-state index contributed by atoms with van der Waals surface area (Å²) in [5.41, 5.74) is 1.63. The topological polar surface area (TPSA) is 58.6 Å². The van der Waals surface area contributed by atoms with Gasteiger partial charge in [-0.3, -0.25) is 9.59 Å². The van der Waals surface area contributed by atoms with Gasteiger partial charge in [0.1, 0.15) is 18.0 Å². The van der Waals surface area contributed by atoms with Crippen LogP contribution in [0.2, 0.25) is 0 Å². The van der Waals surface area contributed by atoms with Crippen LogP contribution in [0.3, 0.4) is 0 Å². The molecule has 0 saturated heterocycles. The van der Waals surface area contributed by atoms with Gasteiger partial charge in [-0.05, 0) is 42.0 Å². The minimum absolute atomic E-state index is 0.00745. The highest BCUT2D eigenvalue weighted by atomic mass is 16.5. The Labute approximate surface area is 164 Å². The first-order valence-corrected chi connectivity index (χ1v) is 9.02. The van der Waals surface area contributed by atoms with Crippen molar-refractivity contribution in [3.05, 3.63) is 90.5 Å². The predicted molar refractivity (Wildman–Crippen MR) is 109 cm³/mol. The fourth-order valence-electron chi connectivity index (χ4n) is 2.69. The SMILES string of the molecule is CC(=O)N(CC(=O)Nc1ccc(Oc2ccccc2)cc1)Cc1ccccc1. The van der Waals surface area contributed by atoms with Gasteiger partial charge in [0.2, 0.25) is 11.8 Å². The lowest BCUT2D eigenvalue weighted by Crippen LogP contribution is -2.36. The Morgan fingerprint density at radius 1 is 0.821 bits per heavy atom. The van der Waals surface area contributed by atoms with E-state index in [1.54, 1.807) is 24.3 Å². The highest BCUT2D eigenvalue weighted by Gasteiger charge is 2.14. The first-order chi connectivity index (χ1) is 13.6. The Kier molecular flexibility index (Phi) is 6.41. The zero-order chi connectivity index (χ0) is 19.8. The average Bonchev–Trinajstić information content (AvgIpc) is 2.70. The molecule has 3 rings (SSSR count). The summed E-state index contributed by atoms with van der Waals surface area (Å²) in [5, 5.41) is 2.82. The summed E-state index contributed by atoms with van der Waals surface area (Å²) in [6.45, 7) is 1.85. The molecule has 0 saturated carbocycles. The summed E-state index contributed by atoms with van der Waals surface area (Å²) in [5.74, 6) is 1.03. The standard InChI is InChI=1S/C23H22N2O3/c1-18(26)25(16-19-8-4-2-5-9-19)17-23(27)24-20-12-14-22(15-13-20)28-21-10-6-3-7-11-21/h2-15H,16-17H2,1H3,(H,24,27). The Balaban J connectivity index is 1.56. The second kappa shape index (κ2) is 9.37. The molecule has 2 amide bonds. The van der Waals surface area contributed by atoms with E-state index in [1.165, 1.54) is 11.8 Å². The van der Waals surface area contributed by atoms with E-state index in [1.807, 2.05) is 60.7 Å². The number of hydrogen-bond donors (Lipinski definition) is 1. The Bertz CT molecular complexity index is 910. The van der Waals surface area contributed by atoms with Gasteiger partial charge in [-0.2, -0.15) is 0 Å². The maximum Gasteiger partial charge on any atom is 0.244 e. The molecule has 1 N–H and O–H groups in total. The molecule has 3 aromatic rings. The van der Waals surface area contributed by atoms with Gasteiger partial charge in [0.05, 0.1) is 0 Å². The number of benzene rings is 3. The third-order valence-electron chi connectivity index (χ3n) is 4.11. The van der Waals surface area contributed by atoms with E-state index in [-0.39, 0.29) is 18.4 Å². The summed E-state index contributed by atoms with van der Waals surface area (Å²) in [7, 11) is 0. The second-order valence-corrected chi connectivity index (χ2v) is 6.35. The minimum atomic E-state index is -0.247. The maximum absolute atomic E-state index is 12.4. The van der Waals surface area contributed by atoms with Crippen molar-refractivity contribution in [1.82, 2.24) is 4.90 Å². The average molecular weight is 374 g/mol. The number of nitrogens with zero attached hydrogens (tertiary/aromatic N) is 1. The number of amides is 2. The van der Waals surface area contributed by atoms with Gasteiger partial charge in [0.25, 0.3) is 0 Å². The molecule has 0 heterocycles. The number of para-hydroxylation sites is 1. The lowest BCUT2D eigenvalue weighted by Gasteiger charge is -2.20. The van der Waals surface area contributed by atoms with Crippen molar-refractivity contribution < 1.29 is 14.3 Å². The molecule has 28 heavy (non-hydrogen) atoms. The molecule has 0 aliphatic rings. The van der Waals surface area contributed by atoms with Crippen LogP contribution in [0, 0.1) is 0 Å². The van der Waals surface area contributed by atoms with Crippen LogP contribution in [-0.2, 0) is 16.1 Å². The number of rotatable bonds is 7. The molecule has 142 valence electrons. The van der Waals surface area contributed by atoms with Gasteiger partial charge in [-0.25, -0.2) is 0 Å². The van der Waals surface area contributed by atoms with Gasteiger partial charge in [0, 0.05) is 19.2 Å². The molecule has 5 heteroatoms. The second-order valence-electron chi connectivity index (χ2n) is 6.35. The molecule has 0 aliphatic heterocycles. The number of carbonyl (C=O) groups excluding carboxylic acids is 2. The highest BCUT2D eigenvalue weighted by molar-refractivity contribution is 5.94. The lowest BCUT2D eigenvalue weighted by atomic mass is 10.2. The quantitative estimate of drug-likeness (QED) is 0.664. The van der Waals surface area contributed by atoms with Crippen LogP contribution in [0.1, 0.15) is 12.5 Å². The Hall–Kier alpha value is -3.60. The summed E-state index contributed by atoms with van der Waals surface area (Å²) in [6.07, 6.45) is 0. The molecule has 0 unspecified atom stereocenters. The summed E-state index contributed by atoms with van der Waals surface area (Å²) in [4.78, 5) is 25.8. The predicted octanol–water partition coefficient (Wildman–Crippen LogP) is 4.47. The van der Waals surface area contributed by atoms with Crippen molar-refractivity contribution in [2.45, 2.75) is 13.5 Å². The fourth-order valence-corrected chi connectivity index (χ4v) is 2.69. The molecule has 0 atom stereocenters. The normalized spacial score (nSPS) is 10.2. The molecule has 0 spiro atoms. The van der Waals surface area contributed by atoms with E-state index in [0.29, 0.717) is 18.0 Å². The van der Waals surface area contributed by atoms with E-state index < -0.39 is 0 Å². The van der Waals surface area contributed by atoms with E-state index in [0.717, 1.165) is 11.3 Å². The Morgan fingerprint density at radius 2 is 1.39 bits per heavy atom. The fraction of sp³-hybridized carbons (Fsp3) is 0.130. The minimum Gasteiger partial charge on any atom is -0.457 e. The maximum atomic E-state index is 12.4. The van der Waals surface area contributed by atoms with Gasteiger partial charge >= 0.3 is 0 Å². The van der Waals surface area contributed by atoms with Crippen LogP contribution >= 0.6 is 0 Å². The lowest BCUT2D eigenvalue weighted by molar-refractivity contribution is -0.133. The molecule has 0 radical (unpaired) electrons. The van der Waals surface area contributed by atoms with Crippen molar-refractivity contribution >= 4 is 17.5 Å². The molecule has 3 aromatic carbocycles. The molecule has 0 aliphatic carbocycles. The summed E-state index contributed by atoms with van der Waals surface area (Å²) < 4.78 is 5.74. The first kappa shape index (κ1) is 19.2. The van der Waals surface area contributed by atoms with E-state index in [9.17, 15) is 9.59 Å². The third kappa shape index (κ3) is 5.71. The molecular weight excluding hydrogens is 352 g/mol. The van der Waals surface area contributed by atoms with E-state index in [4.69, 9.17) is 4.74 Å². The third-order valence-corrected chi connectivity index (χ3v) is 4.11. The van der Waals surface area contributed by atoms with Gasteiger partial charge in [-0.1, -0.05) is 48.5 Å². The molecule has 0 fully saturated rings. The van der Waals surface area contributed by atoms with Crippen molar-refractivity contribution in [3.8, 4) is 11.5 Å². The van der Waals surface area contributed by atoms with Crippen molar-refractivity contribution in [3.63, 3.8) is 0 Å². The van der Waals surface area contributed by atoms with Gasteiger partial charge < -0.3 is 15.0 Å². The van der Waals surface area contributed by atoms with Crippen LogP contribution in [-0.4, -0.2) is 23.3 Å². The zero-order valence-electron chi connectivity index (χ0n) is 15.7. The van der Waals surface area contributed by atoms with Gasteiger partial charge in [0.15, 0.2) is 0 Å². The number of anilines is 1. The monoisotopic (exact) mass is 374 g/mol. The Morgan fingerprint density at radius 3 is 2.00 bits per heavy atom. The number of ether oxygens (including phenoxy) is 1. The van der Waals surface area contributed by atoms with Crippen LogP contribution in [0.4, 0.5) is 5.69 Å². The van der Waals surface area contributed by atoms with Crippen LogP contribution in [0.25, 0.3) is 0 Å². The molecule has 5 nitrogen and oxygen atoms in total. The van der Waals surface area contributed by atoms with Crippen molar-refractivity contribution in [1.29, 1.82) is 0 Å². The number of carbonyl (C=O) groups is 2. The number of nitrogens with one attached hydrogen (secondary N) is 1. The van der Waals surface area contributed by atoms with Crippen molar-refractivity contribution in [2.75, 3.05) is 11.9 Å². The van der Waals surface area contributed by atoms with Gasteiger partial charge in [-0.15, -0.1) is 0 Å². The number of hydrogen-bond acceptors (Lipinski definition) is 3. The summed E-state index contributed by atoms with van der Waals surface area (Å²) >= 11 is 0.